The second-order valence-corrected chi connectivity index (χ2v) is 11.6. The molecule has 0 aromatic heterocycles. The third-order valence-corrected chi connectivity index (χ3v) is 7.35. The number of hydrogen-bond acceptors (Lipinski definition) is 10. The van der Waals surface area contributed by atoms with Gasteiger partial charge in [0, 0.05) is 25.8 Å². The Bertz CT molecular complexity index is 1210. The van der Waals surface area contributed by atoms with E-state index in [2.05, 4.69) is 44.2 Å². The molecule has 20 heteroatoms. The Morgan fingerprint density at radius 1 is 0.936 bits per heavy atom. The first-order valence-corrected chi connectivity index (χ1v) is 15.5. The topological polar surface area (TPSA) is 311 Å². The number of carbonyl (C=O) groups excluding carboxylic acids is 7. The molecule has 19 nitrogen and oxygen atoms in total. The van der Waals surface area contributed by atoms with Crippen LogP contribution in [0.4, 0.5) is 0 Å². The molecule has 0 aromatic rings. The zero-order valence-electron chi connectivity index (χ0n) is 26.6. The number of carboxylic acid groups (broad SMARTS) is 1. The molecule has 1 saturated heterocycles. The number of rotatable bonds is 19. The fourth-order valence-electron chi connectivity index (χ4n) is 4.66. The van der Waals surface area contributed by atoms with Crippen molar-refractivity contribution in [1.29, 1.82) is 0 Å². The number of nitrogens with one attached hydrogen (secondary N) is 5. The SMILES string of the molecule is CC(=O)N[C@H](CCCN=C(N)N)C(=O)N[C@H](CS)C(=O)NCC(=O)N[C@H](C(=O)N1CCC[C@@H]1C(=O)N[C@H](CC(N)=O)C(=O)O)C(C)C. The monoisotopic (exact) mass is 686 g/mol. The van der Waals surface area contributed by atoms with Gasteiger partial charge in [-0.05, 0) is 31.6 Å². The van der Waals surface area contributed by atoms with Gasteiger partial charge in [-0.15, -0.1) is 0 Å². The van der Waals surface area contributed by atoms with E-state index in [9.17, 15) is 43.5 Å². The number of carboxylic acids is 1. The highest BCUT2D eigenvalue weighted by Crippen LogP contribution is 2.21. The number of thiol groups is 1. The van der Waals surface area contributed by atoms with Crippen LogP contribution in [0, 0.1) is 5.92 Å². The Hall–Kier alpha value is -4.62. The summed E-state index contributed by atoms with van der Waals surface area (Å²) in [6, 6.07) is -5.88. The van der Waals surface area contributed by atoms with Crippen LogP contribution in [0.2, 0.25) is 0 Å². The van der Waals surface area contributed by atoms with Crippen molar-refractivity contribution >= 4 is 65.9 Å². The minimum atomic E-state index is -1.57. The number of nitrogens with zero attached hydrogens (tertiary/aromatic N) is 2. The van der Waals surface area contributed by atoms with E-state index in [4.69, 9.17) is 17.2 Å². The molecule has 1 fully saturated rings. The molecule has 0 unspecified atom stereocenters. The summed E-state index contributed by atoms with van der Waals surface area (Å²) in [6.45, 7) is 4.36. The highest BCUT2D eigenvalue weighted by Gasteiger charge is 2.40. The van der Waals surface area contributed by atoms with Crippen LogP contribution in [0.1, 0.15) is 52.9 Å². The van der Waals surface area contributed by atoms with Crippen molar-refractivity contribution in [1.82, 2.24) is 31.5 Å². The molecule has 12 N–H and O–H groups in total. The van der Waals surface area contributed by atoms with Gasteiger partial charge in [0.1, 0.15) is 30.2 Å². The third kappa shape index (κ3) is 14.1. The molecule has 1 aliphatic heterocycles. The van der Waals surface area contributed by atoms with Gasteiger partial charge in [0.15, 0.2) is 5.96 Å². The maximum Gasteiger partial charge on any atom is 0.326 e. The predicted molar refractivity (Wildman–Crippen MR) is 171 cm³/mol. The van der Waals surface area contributed by atoms with E-state index < -0.39 is 96.4 Å². The standard InChI is InChI=1S/C27H46N10O9S/c1-13(2)21(25(44)37-9-5-7-18(37)24(43)34-16(26(45)46)10-19(28)39)36-20(40)11-32-22(41)17(12-47)35-23(42)15(33-14(3)38)6-4-8-31-27(29)30/h13,15-18,21,47H,4-12H2,1-3H3,(H2,28,39)(H,32,41)(H,33,38)(H,34,43)(H,35,42)(H,36,40)(H,45,46)(H4,29,30,31)/t15-,16-,17-,18-,21+/m1/s1. The second-order valence-electron chi connectivity index (χ2n) is 11.2. The highest BCUT2D eigenvalue weighted by atomic mass is 32.1. The largest absolute Gasteiger partial charge is 0.480 e. The van der Waals surface area contributed by atoms with Crippen molar-refractivity contribution in [2.45, 2.75) is 83.1 Å². The van der Waals surface area contributed by atoms with Gasteiger partial charge in [-0.1, -0.05) is 13.8 Å². The molecule has 0 aromatic carbocycles. The van der Waals surface area contributed by atoms with Crippen molar-refractivity contribution in [2.24, 2.45) is 28.1 Å². The van der Waals surface area contributed by atoms with Crippen LogP contribution < -0.4 is 43.8 Å². The van der Waals surface area contributed by atoms with Crippen molar-refractivity contribution in [3.05, 3.63) is 0 Å². The van der Waals surface area contributed by atoms with Gasteiger partial charge in [0.05, 0.1) is 13.0 Å². The zero-order valence-corrected chi connectivity index (χ0v) is 27.5. The van der Waals surface area contributed by atoms with Gasteiger partial charge >= 0.3 is 5.97 Å². The summed E-state index contributed by atoms with van der Waals surface area (Å²) in [5, 5.41) is 21.5. The van der Waals surface area contributed by atoms with Crippen LogP contribution in [-0.2, 0) is 38.4 Å². The summed E-state index contributed by atoms with van der Waals surface area (Å²) in [4.78, 5) is 104. The number of aliphatic carboxylic acids is 1. The lowest BCUT2D eigenvalue weighted by atomic mass is 10.0. The summed E-state index contributed by atoms with van der Waals surface area (Å²) >= 11 is 4.11. The molecule has 7 amide bonds. The van der Waals surface area contributed by atoms with Gasteiger partial charge in [-0.2, -0.15) is 12.6 Å². The molecule has 0 radical (unpaired) electrons. The highest BCUT2D eigenvalue weighted by molar-refractivity contribution is 7.80. The number of hydrogen-bond donors (Lipinski definition) is 10. The van der Waals surface area contributed by atoms with E-state index in [1.54, 1.807) is 13.8 Å². The molecule has 0 aliphatic carbocycles. The van der Waals surface area contributed by atoms with Crippen molar-refractivity contribution in [3.8, 4) is 0 Å². The normalized spacial score (nSPS) is 16.5. The van der Waals surface area contributed by atoms with Gasteiger partial charge in [0.25, 0.3) is 0 Å². The summed E-state index contributed by atoms with van der Waals surface area (Å²) in [7, 11) is 0. The number of guanidine groups is 1. The van der Waals surface area contributed by atoms with Crippen molar-refractivity contribution in [3.63, 3.8) is 0 Å². The average molecular weight is 687 g/mol. The molecule has 1 aliphatic rings. The Kier molecular flexibility index (Phi) is 17.0. The molecule has 0 bridgehead atoms. The van der Waals surface area contributed by atoms with Gasteiger partial charge in [0.2, 0.25) is 41.4 Å². The van der Waals surface area contributed by atoms with Crippen LogP contribution in [-0.4, -0.2) is 119 Å². The first-order chi connectivity index (χ1) is 22.0. The lowest BCUT2D eigenvalue weighted by molar-refractivity contribution is -0.146. The van der Waals surface area contributed by atoms with Crippen LogP contribution >= 0.6 is 12.6 Å². The lowest BCUT2D eigenvalue weighted by Crippen LogP contribution is -2.58. The van der Waals surface area contributed by atoms with Gasteiger partial charge in [-0.3, -0.25) is 38.6 Å². The minimum Gasteiger partial charge on any atom is -0.480 e. The summed E-state index contributed by atoms with van der Waals surface area (Å²) in [6.07, 6.45) is 0.549. The predicted octanol–water partition coefficient (Wildman–Crippen LogP) is -4.35. The van der Waals surface area contributed by atoms with E-state index in [0.717, 1.165) is 0 Å². The van der Waals surface area contributed by atoms with E-state index >= 15 is 0 Å². The van der Waals surface area contributed by atoms with Crippen LogP contribution in [0.25, 0.3) is 0 Å². The maximum atomic E-state index is 13.5. The molecule has 0 saturated carbocycles. The number of likely N-dealkylation sites (tertiary alicyclic amines) is 1. The molecule has 1 rings (SSSR count). The average Bonchev–Trinajstić information content (AvgIpc) is 3.47. The Morgan fingerprint density at radius 3 is 2.13 bits per heavy atom. The van der Waals surface area contributed by atoms with Crippen LogP contribution in [0.3, 0.4) is 0 Å². The number of primary amides is 1. The van der Waals surface area contributed by atoms with E-state index in [1.807, 2.05) is 0 Å². The first kappa shape index (κ1) is 40.4. The fraction of sp³-hybridized carbons (Fsp3) is 0.667. The molecular weight excluding hydrogens is 640 g/mol. The number of amides is 7. The third-order valence-electron chi connectivity index (χ3n) is 6.99. The first-order valence-electron chi connectivity index (χ1n) is 14.9. The molecule has 47 heavy (non-hydrogen) atoms. The van der Waals surface area contributed by atoms with Crippen LogP contribution in [0.15, 0.2) is 4.99 Å². The minimum absolute atomic E-state index is 0.123. The molecule has 264 valence electrons. The van der Waals surface area contributed by atoms with Crippen molar-refractivity contribution in [2.75, 3.05) is 25.4 Å². The lowest BCUT2D eigenvalue weighted by Gasteiger charge is -2.31. The number of aliphatic imine (C=N–C) groups is 1. The number of nitrogens with two attached hydrogens (primary N) is 3. The zero-order chi connectivity index (χ0) is 35.8. The smallest absolute Gasteiger partial charge is 0.326 e. The van der Waals surface area contributed by atoms with Gasteiger partial charge < -0.3 is 53.8 Å². The van der Waals surface area contributed by atoms with Crippen LogP contribution in [0.5, 0.6) is 0 Å². The summed E-state index contributed by atoms with van der Waals surface area (Å²) in [5.41, 5.74) is 15.6. The summed E-state index contributed by atoms with van der Waals surface area (Å²) in [5.74, 6) is -7.11. The molecule has 1 heterocycles. The van der Waals surface area contributed by atoms with E-state index in [-0.39, 0.29) is 37.6 Å². The molecule has 0 spiro atoms. The number of carbonyl (C=O) groups is 8. The summed E-state index contributed by atoms with van der Waals surface area (Å²) < 4.78 is 0. The second kappa shape index (κ2) is 19.8. The van der Waals surface area contributed by atoms with Gasteiger partial charge in [-0.25, -0.2) is 4.79 Å². The molecule has 5 atom stereocenters. The van der Waals surface area contributed by atoms with E-state index in [1.165, 1.54) is 11.8 Å². The van der Waals surface area contributed by atoms with Crippen molar-refractivity contribution < 1.29 is 43.5 Å². The quantitative estimate of drug-likeness (QED) is 0.0268. The Morgan fingerprint density at radius 2 is 1.60 bits per heavy atom. The Balaban J connectivity index is 2.83. The fourth-order valence-corrected chi connectivity index (χ4v) is 4.92. The van der Waals surface area contributed by atoms with E-state index in [0.29, 0.717) is 12.8 Å². The maximum absolute atomic E-state index is 13.5. The molecular formula is C27H46N10O9S. The Labute approximate surface area is 277 Å².